The summed E-state index contributed by atoms with van der Waals surface area (Å²) in [5, 5.41) is 7.61. The molecule has 3 aliphatic rings. The summed E-state index contributed by atoms with van der Waals surface area (Å²) >= 11 is 0. The summed E-state index contributed by atoms with van der Waals surface area (Å²) < 4.78 is 38.5. The highest BCUT2D eigenvalue weighted by Crippen LogP contribution is 2.33. The standard InChI is InChI=1S/C21H21F3N6O2/c1-3-13-6-8-25-17(10-13)28-20(32)30-14-7-9-29(11-14)16-5-4-15(27-18(16)30)19(31)26-12(2)21(22,23)24/h1,4-6,8,10,12,14-15,27H,7,9,11H2,2H3,(H,26,31)(H,25,28,32)/t12-,14+,15?/m1/s1. The van der Waals surface area contributed by atoms with E-state index in [-0.39, 0.29) is 11.9 Å². The molecular formula is C21H21F3N6O2. The average molecular weight is 446 g/mol. The summed E-state index contributed by atoms with van der Waals surface area (Å²) in [7, 11) is 0. The van der Waals surface area contributed by atoms with Gasteiger partial charge in [-0.15, -0.1) is 6.42 Å². The van der Waals surface area contributed by atoms with Gasteiger partial charge in [-0.2, -0.15) is 13.2 Å². The molecule has 4 heterocycles. The predicted octanol–water partition coefficient (Wildman–Crippen LogP) is 1.75. The molecule has 0 saturated carbocycles. The van der Waals surface area contributed by atoms with E-state index in [1.807, 2.05) is 5.32 Å². The van der Waals surface area contributed by atoms with Crippen molar-refractivity contribution >= 4 is 17.8 Å². The molecule has 3 aliphatic heterocycles. The minimum absolute atomic E-state index is 0.165. The molecule has 3 atom stereocenters. The quantitative estimate of drug-likeness (QED) is 0.616. The van der Waals surface area contributed by atoms with E-state index < -0.39 is 30.2 Å². The number of urea groups is 1. The fourth-order valence-electron chi connectivity index (χ4n) is 3.90. The number of nitrogens with one attached hydrogen (secondary N) is 3. The third-order valence-electron chi connectivity index (χ3n) is 5.60. The van der Waals surface area contributed by atoms with E-state index in [1.54, 1.807) is 18.2 Å². The number of nitrogens with zero attached hydrogens (tertiary/aromatic N) is 3. The van der Waals surface area contributed by atoms with Crippen LogP contribution in [-0.2, 0) is 4.79 Å². The van der Waals surface area contributed by atoms with Crippen molar-refractivity contribution in [2.45, 2.75) is 37.6 Å². The first-order valence-corrected chi connectivity index (χ1v) is 10.0. The van der Waals surface area contributed by atoms with Gasteiger partial charge in [0.1, 0.15) is 23.7 Å². The lowest BCUT2D eigenvalue weighted by molar-refractivity contribution is -0.158. The Labute approximate surface area is 182 Å². The van der Waals surface area contributed by atoms with Crippen LogP contribution in [0, 0.1) is 12.3 Å². The van der Waals surface area contributed by atoms with Crippen molar-refractivity contribution in [1.82, 2.24) is 25.4 Å². The van der Waals surface area contributed by atoms with Gasteiger partial charge in [-0.25, -0.2) is 9.78 Å². The molecule has 2 bridgehead atoms. The van der Waals surface area contributed by atoms with Crippen LogP contribution in [0.4, 0.5) is 23.8 Å². The van der Waals surface area contributed by atoms with Crippen molar-refractivity contribution in [2.24, 2.45) is 0 Å². The number of anilines is 1. The lowest BCUT2D eigenvalue weighted by Crippen LogP contribution is -2.57. The number of hydrogen-bond acceptors (Lipinski definition) is 5. The van der Waals surface area contributed by atoms with Crippen LogP contribution in [0.15, 0.2) is 42.0 Å². The van der Waals surface area contributed by atoms with Crippen molar-refractivity contribution in [2.75, 3.05) is 18.4 Å². The number of allylic oxidation sites excluding steroid dienone is 1. The number of halogens is 3. The first-order valence-electron chi connectivity index (χ1n) is 10.0. The van der Waals surface area contributed by atoms with Crippen molar-refractivity contribution in [3.8, 4) is 12.3 Å². The molecule has 168 valence electrons. The van der Waals surface area contributed by atoms with Crippen LogP contribution in [0.25, 0.3) is 0 Å². The number of hydrogen-bond donors (Lipinski definition) is 3. The molecule has 1 unspecified atom stereocenters. The fourth-order valence-corrected chi connectivity index (χ4v) is 3.90. The summed E-state index contributed by atoms with van der Waals surface area (Å²) in [6, 6.07) is -0.514. The predicted molar refractivity (Wildman–Crippen MR) is 110 cm³/mol. The Bertz CT molecular complexity index is 1040. The molecule has 1 aromatic heterocycles. The van der Waals surface area contributed by atoms with Crippen molar-refractivity contribution in [1.29, 1.82) is 0 Å². The maximum atomic E-state index is 13.2. The molecule has 11 heteroatoms. The fraction of sp³-hybridized carbons (Fsp3) is 0.381. The maximum Gasteiger partial charge on any atom is 0.408 e. The number of amides is 3. The molecule has 1 saturated heterocycles. The van der Waals surface area contributed by atoms with Gasteiger partial charge in [0.05, 0.1) is 11.7 Å². The second kappa shape index (κ2) is 8.11. The van der Waals surface area contributed by atoms with Gasteiger partial charge in [0.25, 0.3) is 0 Å². The molecular weight excluding hydrogens is 425 g/mol. The first-order chi connectivity index (χ1) is 15.2. The minimum atomic E-state index is -4.56. The van der Waals surface area contributed by atoms with Crippen LogP contribution in [0.5, 0.6) is 0 Å². The molecule has 4 rings (SSSR count). The Morgan fingerprint density at radius 1 is 1.41 bits per heavy atom. The number of dihydropyridines is 1. The van der Waals surface area contributed by atoms with Gasteiger partial charge in [-0.3, -0.25) is 15.0 Å². The second-order valence-corrected chi connectivity index (χ2v) is 7.75. The average Bonchev–Trinajstić information content (AvgIpc) is 3.17. The van der Waals surface area contributed by atoms with Gasteiger partial charge in [-0.05, 0) is 31.6 Å². The molecule has 1 fully saturated rings. The van der Waals surface area contributed by atoms with Crippen molar-refractivity contribution < 1.29 is 22.8 Å². The molecule has 3 amide bonds. The summed E-state index contributed by atoms with van der Waals surface area (Å²) in [6.07, 6.45) is 6.17. The van der Waals surface area contributed by atoms with Gasteiger partial charge in [0, 0.05) is 24.8 Å². The zero-order valence-corrected chi connectivity index (χ0v) is 17.1. The van der Waals surface area contributed by atoms with Gasteiger partial charge in [0.2, 0.25) is 5.91 Å². The Balaban J connectivity index is 1.54. The normalized spacial score (nSPS) is 22.6. The number of carbonyl (C=O) groups is 2. The highest BCUT2D eigenvalue weighted by atomic mass is 19.4. The van der Waals surface area contributed by atoms with Crippen LogP contribution in [-0.4, -0.2) is 64.1 Å². The number of aromatic nitrogens is 1. The van der Waals surface area contributed by atoms with Gasteiger partial charge >= 0.3 is 12.2 Å². The number of rotatable bonds is 3. The largest absolute Gasteiger partial charge is 0.408 e. The zero-order chi connectivity index (χ0) is 23.0. The van der Waals surface area contributed by atoms with E-state index in [0.29, 0.717) is 36.6 Å². The van der Waals surface area contributed by atoms with E-state index in [0.717, 1.165) is 6.92 Å². The van der Waals surface area contributed by atoms with E-state index in [1.165, 1.54) is 17.2 Å². The number of terminal acetylenes is 1. The van der Waals surface area contributed by atoms with Gasteiger partial charge < -0.3 is 15.5 Å². The van der Waals surface area contributed by atoms with Gasteiger partial charge in [0.15, 0.2) is 0 Å². The smallest absolute Gasteiger partial charge is 0.366 e. The molecule has 0 aliphatic carbocycles. The number of pyridine rings is 1. The maximum absolute atomic E-state index is 13.2. The van der Waals surface area contributed by atoms with E-state index in [9.17, 15) is 22.8 Å². The molecule has 0 radical (unpaired) electrons. The molecule has 0 aromatic carbocycles. The molecule has 8 nitrogen and oxygen atoms in total. The summed E-state index contributed by atoms with van der Waals surface area (Å²) in [5.74, 6) is 2.27. The molecule has 0 spiro atoms. The van der Waals surface area contributed by atoms with Crippen LogP contribution in [0.2, 0.25) is 0 Å². The Kier molecular flexibility index (Phi) is 5.46. The minimum Gasteiger partial charge on any atom is -0.366 e. The van der Waals surface area contributed by atoms with Crippen LogP contribution < -0.4 is 16.0 Å². The highest BCUT2D eigenvalue weighted by molar-refractivity contribution is 5.91. The summed E-state index contributed by atoms with van der Waals surface area (Å²) in [6.45, 7) is 2.20. The van der Waals surface area contributed by atoms with Crippen molar-refractivity contribution in [3.05, 3.63) is 47.6 Å². The monoisotopic (exact) mass is 446 g/mol. The van der Waals surface area contributed by atoms with Gasteiger partial charge in [-0.1, -0.05) is 12.0 Å². The lowest BCUT2D eigenvalue weighted by atomic mass is 10.1. The summed E-state index contributed by atoms with van der Waals surface area (Å²) in [5.41, 5.74) is 1.25. The van der Waals surface area contributed by atoms with E-state index in [4.69, 9.17) is 6.42 Å². The number of alkyl halides is 3. The van der Waals surface area contributed by atoms with Crippen LogP contribution in [0.3, 0.4) is 0 Å². The zero-order valence-electron chi connectivity index (χ0n) is 17.1. The third-order valence-corrected chi connectivity index (χ3v) is 5.60. The molecule has 1 aromatic rings. The first kappa shape index (κ1) is 21.5. The number of fused-ring (bicyclic) bond motifs is 3. The molecule has 32 heavy (non-hydrogen) atoms. The third kappa shape index (κ3) is 4.08. The van der Waals surface area contributed by atoms with Crippen molar-refractivity contribution in [3.63, 3.8) is 0 Å². The topological polar surface area (TPSA) is 89.6 Å². The van der Waals surface area contributed by atoms with Crippen LogP contribution >= 0.6 is 0 Å². The van der Waals surface area contributed by atoms with E-state index in [2.05, 4.69) is 26.4 Å². The lowest BCUT2D eigenvalue weighted by Gasteiger charge is -2.41. The Morgan fingerprint density at radius 2 is 2.19 bits per heavy atom. The van der Waals surface area contributed by atoms with E-state index >= 15 is 0 Å². The SMILES string of the molecule is C#Cc1ccnc(NC(=O)N2C3=C(C=CC(C(=O)N[C@H](C)C(F)(F)F)N3)N3CC[C@H]2C3)c1. The molecule has 3 N–H and O–H groups in total. The highest BCUT2D eigenvalue weighted by Gasteiger charge is 2.43. The second-order valence-electron chi connectivity index (χ2n) is 7.75. The summed E-state index contributed by atoms with van der Waals surface area (Å²) in [4.78, 5) is 33.3. The van der Waals surface area contributed by atoms with Crippen LogP contribution in [0.1, 0.15) is 18.9 Å². The number of carbonyl (C=O) groups excluding carboxylic acids is 2. The Morgan fingerprint density at radius 3 is 2.91 bits per heavy atom. The Hall–Kier alpha value is -3.68.